The van der Waals surface area contributed by atoms with Crippen LogP contribution in [0.15, 0.2) is 47.1 Å². The van der Waals surface area contributed by atoms with Gasteiger partial charge in [0.15, 0.2) is 0 Å². The summed E-state index contributed by atoms with van der Waals surface area (Å²) in [5.74, 6) is 2.28. The van der Waals surface area contributed by atoms with Gasteiger partial charge >= 0.3 is 0 Å². The first kappa shape index (κ1) is 21.6. The van der Waals surface area contributed by atoms with Crippen molar-refractivity contribution in [2.75, 3.05) is 37.6 Å². The summed E-state index contributed by atoms with van der Waals surface area (Å²) in [7, 11) is 0. The number of hydrogen-bond donors (Lipinski definition) is 0. The first-order chi connectivity index (χ1) is 16.1. The lowest BCUT2D eigenvalue weighted by atomic mass is 10.1. The predicted molar refractivity (Wildman–Crippen MR) is 126 cm³/mol. The fourth-order valence-electron chi connectivity index (χ4n) is 4.77. The van der Waals surface area contributed by atoms with Crippen LogP contribution < -0.4 is 4.90 Å². The minimum atomic E-state index is 0.124. The standard InChI is InChI=1S/C25H30N6O2/c1-18-6-3-4-7-21(18)17-31-11-5-8-22(31)25-27-24(28-33-25)20-9-10-26-23(16-20)30-14-12-29(13-15-30)19(2)32/h3-4,6-7,9-10,16,22H,5,8,11-15,17H2,1-2H3/t22-/m0/s1. The summed E-state index contributed by atoms with van der Waals surface area (Å²) in [5.41, 5.74) is 3.54. The number of piperazine rings is 1. The van der Waals surface area contributed by atoms with Gasteiger partial charge in [0, 0.05) is 51.4 Å². The Morgan fingerprint density at radius 2 is 1.94 bits per heavy atom. The summed E-state index contributed by atoms with van der Waals surface area (Å²) in [6.45, 7) is 8.66. The van der Waals surface area contributed by atoms with E-state index >= 15 is 0 Å². The number of nitrogens with zero attached hydrogens (tertiary/aromatic N) is 6. The van der Waals surface area contributed by atoms with Gasteiger partial charge in [-0.3, -0.25) is 9.69 Å². The number of amides is 1. The smallest absolute Gasteiger partial charge is 0.244 e. The molecule has 5 rings (SSSR count). The summed E-state index contributed by atoms with van der Waals surface area (Å²) in [6, 6.07) is 12.6. The number of hydrogen-bond acceptors (Lipinski definition) is 7. The van der Waals surface area contributed by atoms with Crippen LogP contribution in [0.3, 0.4) is 0 Å². The molecule has 1 aromatic carbocycles. The summed E-state index contributed by atoms with van der Waals surface area (Å²) < 4.78 is 5.75. The van der Waals surface area contributed by atoms with Gasteiger partial charge in [-0.2, -0.15) is 4.98 Å². The summed E-state index contributed by atoms with van der Waals surface area (Å²) >= 11 is 0. The molecule has 2 aromatic heterocycles. The molecule has 33 heavy (non-hydrogen) atoms. The Labute approximate surface area is 194 Å². The van der Waals surface area contributed by atoms with Crippen LogP contribution in [0.4, 0.5) is 5.82 Å². The zero-order valence-corrected chi connectivity index (χ0v) is 19.3. The van der Waals surface area contributed by atoms with Crippen LogP contribution in [0.25, 0.3) is 11.4 Å². The normalized spacial score (nSPS) is 19.3. The highest BCUT2D eigenvalue weighted by atomic mass is 16.5. The van der Waals surface area contributed by atoms with E-state index in [9.17, 15) is 4.79 Å². The number of aromatic nitrogens is 3. The van der Waals surface area contributed by atoms with Crippen LogP contribution >= 0.6 is 0 Å². The fourth-order valence-corrected chi connectivity index (χ4v) is 4.77. The van der Waals surface area contributed by atoms with Crippen molar-refractivity contribution in [3.05, 3.63) is 59.6 Å². The monoisotopic (exact) mass is 446 g/mol. The molecule has 1 atom stereocenters. The van der Waals surface area contributed by atoms with Gasteiger partial charge in [0.2, 0.25) is 17.6 Å². The number of benzene rings is 1. The van der Waals surface area contributed by atoms with Crippen molar-refractivity contribution in [1.82, 2.24) is 24.9 Å². The molecule has 0 bridgehead atoms. The predicted octanol–water partition coefficient (Wildman–Crippen LogP) is 3.45. The highest BCUT2D eigenvalue weighted by Crippen LogP contribution is 2.34. The van der Waals surface area contributed by atoms with Crippen molar-refractivity contribution in [3.63, 3.8) is 0 Å². The topological polar surface area (TPSA) is 78.6 Å². The van der Waals surface area contributed by atoms with E-state index in [1.807, 2.05) is 17.0 Å². The Kier molecular flexibility index (Phi) is 6.09. The molecule has 0 saturated carbocycles. The fraction of sp³-hybridized carbons (Fsp3) is 0.440. The number of pyridine rings is 1. The Hall–Kier alpha value is -3.26. The van der Waals surface area contributed by atoms with Crippen molar-refractivity contribution >= 4 is 11.7 Å². The van der Waals surface area contributed by atoms with Gasteiger partial charge in [0.25, 0.3) is 0 Å². The number of carbonyl (C=O) groups is 1. The average Bonchev–Trinajstić information content (AvgIpc) is 3.50. The molecule has 1 amide bonds. The number of aryl methyl sites for hydroxylation is 1. The molecule has 0 N–H and O–H groups in total. The molecule has 2 aliphatic heterocycles. The lowest BCUT2D eigenvalue weighted by Crippen LogP contribution is -2.48. The van der Waals surface area contributed by atoms with E-state index in [0.29, 0.717) is 24.8 Å². The molecular weight excluding hydrogens is 416 g/mol. The summed E-state index contributed by atoms with van der Waals surface area (Å²) in [4.78, 5) is 27.4. The molecule has 0 aliphatic carbocycles. The van der Waals surface area contributed by atoms with Gasteiger partial charge in [0.1, 0.15) is 5.82 Å². The number of carbonyl (C=O) groups excluding carboxylic acids is 1. The quantitative estimate of drug-likeness (QED) is 0.594. The first-order valence-corrected chi connectivity index (χ1v) is 11.7. The minimum absolute atomic E-state index is 0.124. The van der Waals surface area contributed by atoms with Crippen molar-refractivity contribution in [3.8, 4) is 11.4 Å². The molecule has 0 radical (unpaired) electrons. The lowest BCUT2D eigenvalue weighted by molar-refractivity contribution is -0.129. The maximum Gasteiger partial charge on any atom is 0.244 e. The van der Waals surface area contributed by atoms with Crippen LogP contribution in [-0.2, 0) is 11.3 Å². The Balaban J connectivity index is 1.30. The highest BCUT2D eigenvalue weighted by Gasteiger charge is 2.31. The second-order valence-corrected chi connectivity index (χ2v) is 8.91. The van der Waals surface area contributed by atoms with E-state index in [1.54, 1.807) is 13.1 Å². The lowest BCUT2D eigenvalue weighted by Gasteiger charge is -2.34. The average molecular weight is 447 g/mol. The third-order valence-electron chi connectivity index (χ3n) is 6.78. The molecule has 2 fully saturated rings. The molecule has 4 heterocycles. The Morgan fingerprint density at radius 3 is 2.73 bits per heavy atom. The van der Waals surface area contributed by atoms with Crippen molar-refractivity contribution < 1.29 is 9.32 Å². The Morgan fingerprint density at radius 1 is 1.12 bits per heavy atom. The molecule has 8 nitrogen and oxygen atoms in total. The second kappa shape index (κ2) is 9.31. The Bertz CT molecular complexity index is 1120. The van der Waals surface area contributed by atoms with E-state index in [1.165, 1.54) is 11.1 Å². The number of rotatable bonds is 5. The van der Waals surface area contributed by atoms with Crippen LogP contribution in [-0.4, -0.2) is 63.6 Å². The van der Waals surface area contributed by atoms with Crippen LogP contribution in [0.5, 0.6) is 0 Å². The maximum atomic E-state index is 11.6. The van der Waals surface area contributed by atoms with Gasteiger partial charge in [-0.05, 0) is 49.6 Å². The first-order valence-electron chi connectivity index (χ1n) is 11.7. The van der Waals surface area contributed by atoms with E-state index in [0.717, 1.165) is 50.4 Å². The molecule has 0 spiro atoms. The van der Waals surface area contributed by atoms with Gasteiger partial charge in [-0.25, -0.2) is 4.98 Å². The molecule has 0 unspecified atom stereocenters. The van der Waals surface area contributed by atoms with Crippen molar-refractivity contribution in [1.29, 1.82) is 0 Å². The summed E-state index contributed by atoms with van der Waals surface area (Å²) in [6.07, 6.45) is 3.94. The van der Waals surface area contributed by atoms with Crippen molar-refractivity contribution in [2.24, 2.45) is 0 Å². The SMILES string of the molecule is CC(=O)N1CCN(c2cc(-c3noc([C@@H]4CCCN4Cc4ccccc4C)n3)ccn2)CC1. The molecule has 2 aliphatic rings. The third kappa shape index (κ3) is 4.61. The van der Waals surface area contributed by atoms with E-state index in [-0.39, 0.29) is 11.9 Å². The minimum Gasteiger partial charge on any atom is -0.353 e. The number of anilines is 1. The maximum absolute atomic E-state index is 11.6. The molecular formula is C25H30N6O2. The third-order valence-corrected chi connectivity index (χ3v) is 6.78. The molecule has 172 valence electrons. The molecule has 2 saturated heterocycles. The van der Waals surface area contributed by atoms with E-state index in [2.05, 4.69) is 51.1 Å². The number of likely N-dealkylation sites (tertiary alicyclic amines) is 1. The zero-order chi connectivity index (χ0) is 22.8. The van der Waals surface area contributed by atoms with Gasteiger partial charge in [-0.1, -0.05) is 29.4 Å². The van der Waals surface area contributed by atoms with Crippen LogP contribution in [0, 0.1) is 6.92 Å². The van der Waals surface area contributed by atoms with Crippen LogP contribution in [0.2, 0.25) is 0 Å². The van der Waals surface area contributed by atoms with E-state index in [4.69, 9.17) is 9.51 Å². The molecule has 3 aromatic rings. The van der Waals surface area contributed by atoms with Crippen molar-refractivity contribution in [2.45, 2.75) is 39.3 Å². The van der Waals surface area contributed by atoms with Gasteiger partial charge in [-0.15, -0.1) is 0 Å². The van der Waals surface area contributed by atoms with Gasteiger partial charge in [0.05, 0.1) is 6.04 Å². The van der Waals surface area contributed by atoms with Crippen LogP contribution in [0.1, 0.15) is 42.8 Å². The van der Waals surface area contributed by atoms with Gasteiger partial charge < -0.3 is 14.3 Å². The largest absolute Gasteiger partial charge is 0.353 e. The summed E-state index contributed by atoms with van der Waals surface area (Å²) in [5, 5.41) is 4.30. The highest BCUT2D eigenvalue weighted by molar-refractivity contribution is 5.73. The molecule has 8 heteroatoms. The second-order valence-electron chi connectivity index (χ2n) is 8.91. The van der Waals surface area contributed by atoms with E-state index < -0.39 is 0 Å². The zero-order valence-electron chi connectivity index (χ0n) is 19.3.